The summed E-state index contributed by atoms with van der Waals surface area (Å²) in [6, 6.07) is 10.5. The van der Waals surface area contributed by atoms with Crippen LogP contribution in [0.5, 0.6) is 0 Å². The van der Waals surface area contributed by atoms with Gasteiger partial charge in [0.15, 0.2) is 0 Å². The summed E-state index contributed by atoms with van der Waals surface area (Å²) >= 11 is 0. The fraction of sp³-hybridized carbons (Fsp3) is 0.500. The largest absolute Gasteiger partial charge is 0.340 e. The Labute approximate surface area is 119 Å². The molecular weight excluding hydrogens is 248 g/mol. The third-order valence-corrected chi connectivity index (χ3v) is 4.62. The minimum absolute atomic E-state index is 0.787. The van der Waals surface area contributed by atoms with Crippen LogP contribution in [0.3, 0.4) is 0 Å². The molecule has 2 unspecified atom stereocenters. The smallest absolute Gasteiger partial charge is 0.220 e. The molecule has 2 saturated heterocycles. The molecule has 4 rings (SSSR count). The van der Waals surface area contributed by atoms with Crippen LogP contribution in [0.25, 0.3) is 0 Å². The molecule has 0 bridgehead atoms. The van der Waals surface area contributed by atoms with Crippen LogP contribution in [0.2, 0.25) is 0 Å². The van der Waals surface area contributed by atoms with Crippen molar-refractivity contribution in [3.05, 3.63) is 35.9 Å². The van der Waals surface area contributed by atoms with Crippen LogP contribution in [0.15, 0.2) is 40.3 Å². The lowest BCUT2D eigenvalue weighted by Gasteiger charge is -2.22. The topological polar surface area (TPSA) is 40.0 Å². The minimum atomic E-state index is 0.787. The number of guanidine groups is 1. The second kappa shape index (κ2) is 5.02. The summed E-state index contributed by atoms with van der Waals surface area (Å²) in [5.74, 6) is 2.54. The summed E-state index contributed by atoms with van der Waals surface area (Å²) < 4.78 is 0. The van der Waals surface area contributed by atoms with Crippen molar-refractivity contribution >= 4 is 11.7 Å². The standard InChI is InChI=1S/C16H20N4/c1-2-4-12(5-3-1)15-6-7-18-16(19-15)20-10-13-8-17-9-14(13)11-20/h1-5,13-14,17H,6-11H2. The number of nitrogens with zero attached hydrogens (tertiary/aromatic N) is 3. The van der Waals surface area contributed by atoms with Crippen LogP contribution >= 0.6 is 0 Å². The van der Waals surface area contributed by atoms with Gasteiger partial charge in [-0.05, 0) is 17.4 Å². The molecule has 0 saturated carbocycles. The van der Waals surface area contributed by atoms with Gasteiger partial charge in [0, 0.05) is 39.1 Å². The van der Waals surface area contributed by atoms with Crippen molar-refractivity contribution in [2.45, 2.75) is 6.42 Å². The van der Waals surface area contributed by atoms with Crippen LogP contribution < -0.4 is 5.32 Å². The van der Waals surface area contributed by atoms with E-state index in [0.717, 1.165) is 56.9 Å². The fourth-order valence-corrected chi connectivity index (χ4v) is 3.50. The summed E-state index contributed by atoms with van der Waals surface area (Å²) in [7, 11) is 0. The molecule has 4 nitrogen and oxygen atoms in total. The first-order valence-corrected chi connectivity index (χ1v) is 7.53. The summed E-state index contributed by atoms with van der Waals surface area (Å²) in [5, 5.41) is 3.48. The van der Waals surface area contributed by atoms with E-state index in [2.05, 4.69) is 45.5 Å². The molecule has 1 aromatic rings. The molecule has 3 aliphatic heterocycles. The van der Waals surface area contributed by atoms with Gasteiger partial charge in [0.05, 0.1) is 5.71 Å². The van der Waals surface area contributed by atoms with Gasteiger partial charge in [-0.25, -0.2) is 4.99 Å². The Morgan fingerprint density at radius 3 is 2.55 bits per heavy atom. The first kappa shape index (κ1) is 12.1. The molecule has 1 N–H and O–H groups in total. The monoisotopic (exact) mass is 268 g/mol. The molecule has 2 atom stereocenters. The average Bonchev–Trinajstić information content (AvgIpc) is 3.10. The highest BCUT2D eigenvalue weighted by Gasteiger charge is 2.37. The molecule has 0 radical (unpaired) electrons. The predicted molar refractivity (Wildman–Crippen MR) is 81.3 cm³/mol. The van der Waals surface area contributed by atoms with Crippen LogP contribution in [0.4, 0.5) is 0 Å². The van der Waals surface area contributed by atoms with Crippen molar-refractivity contribution in [2.75, 3.05) is 32.7 Å². The van der Waals surface area contributed by atoms with Crippen molar-refractivity contribution in [2.24, 2.45) is 21.8 Å². The molecule has 3 heterocycles. The highest BCUT2D eigenvalue weighted by molar-refractivity contribution is 6.08. The molecule has 20 heavy (non-hydrogen) atoms. The third-order valence-electron chi connectivity index (χ3n) is 4.62. The molecule has 0 aromatic heterocycles. The van der Waals surface area contributed by atoms with Crippen LogP contribution in [0, 0.1) is 11.8 Å². The SMILES string of the molecule is c1ccc(C2=NC(N3CC4CNCC4C3)=NCC2)cc1. The van der Waals surface area contributed by atoms with Crippen LogP contribution in [-0.4, -0.2) is 49.3 Å². The van der Waals surface area contributed by atoms with E-state index < -0.39 is 0 Å². The van der Waals surface area contributed by atoms with E-state index in [1.165, 1.54) is 11.3 Å². The number of benzene rings is 1. The van der Waals surface area contributed by atoms with Gasteiger partial charge in [-0.1, -0.05) is 30.3 Å². The van der Waals surface area contributed by atoms with Crippen LogP contribution in [0.1, 0.15) is 12.0 Å². The van der Waals surface area contributed by atoms with E-state index in [9.17, 15) is 0 Å². The van der Waals surface area contributed by atoms with Crippen molar-refractivity contribution in [1.29, 1.82) is 0 Å². The molecule has 0 aliphatic carbocycles. The maximum absolute atomic E-state index is 4.83. The third kappa shape index (κ3) is 2.14. The van der Waals surface area contributed by atoms with Crippen molar-refractivity contribution in [3.8, 4) is 0 Å². The van der Waals surface area contributed by atoms with E-state index in [-0.39, 0.29) is 0 Å². The molecule has 0 spiro atoms. The summed E-state index contributed by atoms with van der Waals surface area (Å²) in [5.41, 5.74) is 2.42. The molecular formula is C16H20N4. The minimum Gasteiger partial charge on any atom is -0.340 e. The number of rotatable bonds is 1. The number of likely N-dealkylation sites (tertiary alicyclic amines) is 1. The Bertz CT molecular complexity index is 537. The van der Waals surface area contributed by atoms with E-state index in [4.69, 9.17) is 4.99 Å². The zero-order valence-corrected chi connectivity index (χ0v) is 11.6. The highest BCUT2D eigenvalue weighted by atomic mass is 15.3. The Kier molecular flexibility index (Phi) is 3.03. The normalized spacial score (nSPS) is 29.1. The van der Waals surface area contributed by atoms with Crippen molar-refractivity contribution < 1.29 is 0 Å². The summed E-state index contributed by atoms with van der Waals surface area (Å²) in [6.07, 6.45) is 0.954. The number of nitrogens with one attached hydrogen (secondary N) is 1. The van der Waals surface area contributed by atoms with E-state index in [1.807, 2.05) is 0 Å². The lowest BCUT2D eigenvalue weighted by molar-refractivity contribution is 0.460. The Morgan fingerprint density at radius 2 is 1.80 bits per heavy atom. The highest BCUT2D eigenvalue weighted by Crippen LogP contribution is 2.27. The van der Waals surface area contributed by atoms with E-state index in [1.54, 1.807) is 0 Å². The number of aliphatic imine (C=N–C) groups is 2. The maximum atomic E-state index is 4.83. The van der Waals surface area contributed by atoms with Crippen molar-refractivity contribution in [1.82, 2.24) is 10.2 Å². The molecule has 4 heteroatoms. The lowest BCUT2D eigenvalue weighted by Crippen LogP contribution is -2.33. The van der Waals surface area contributed by atoms with E-state index in [0.29, 0.717) is 0 Å². The predicted octanol–water partition coefficient (Wildman–Crippen LogP) is 1.39. The lowest BCUT2D eigenvalue weighted by atomic mass is 10.0. The van der Waals surface area contributed by atoms with E-state index >= 15 is 0 Å². The molecule has 1 aromatic carbocycles. The first-order valence-electron chi connectivity index (χ1n) is 7.53. The molecule has 0 amide bonds. The van der Waals surface area contributed by atoms with Gasteiger partial charge in [0.1, 0.15) is 0 Å². The van der Waals surface area contributed by atoms with Gasteiger partial charge in [-0.2, -0.15) is 0 Å². The quantitative estimate of drug-likeness (QED) is 0.836. The fourth-order valence-electron chi connectivity index (χ4n) is 3.50. The number of hydrogen-bond donors (Lipinski definition) is 1. The van der Waals surface area contributed by atoms with Gasteiger partial charge in [0.25, 0.3) is 0 Å². The number of hydrogen-bond acceptors (Lipinski definition) is 4. The summed E-state index contributed by atoms with van der Waals surface area (Å²) in [6.45, 7) is 5.41. The summed E-state index contributed by atoms with van der Waals surface area (Å²) in [4.78, 5) is 11.9. The zero-order valence-electron chi connectivity index (χ0n) is 11.6. The van der Waals surface area contributed by atoms with Crippen molar-refractivity contribution in [3.63, 3.8) is 0 Å². The van der Waals surface area contributed by atoms with Gasteiger partial charge in [-0.15, -0.1) is 0 Å². The first-order chi connectivity index (χ1) is 9.90. The van der Waals surface area contributed by atoms with Gasteiger partial charge in [-0.3, -0.25) is 4.99 Å². The Hall–Kier alpha value is -1.68. The van der Waals surface area contributed by atoms with Gasteiger partial charge in [0.2, 0.25) is 5.96 Å². The second-order valence-electron chi connectivity index (χ2n) is 5.94. The number of fused-ring (bicyclic) bond motifs is 1. The molecule has 2 fully saturated rings. The second-order valence-corrected chi connectivity index (χ2v) is 5.94. The Balaban J connectivity index is 1.54. The zero-order chi connectivity index (χ0) is 13.4. The van der Waals surface area contributed by atoms with Crippen LogP contribution in [-0.2, 0) is 0 Å². The molecule has 3 aliphatic rings. The molecule has 104 valence electrons. The average molecular weight is 268 g/mol. The van der Waals surface area contributed by atoms with Gasteiger partial charge < -0.3 is 10.2 Å². The Morgan fingerprint density at radius 1 is 1.05 bits per heavy atom. The van der Waals surface area contributed by atoms with Gasteiger partial charge >= 0.3 is 0 Å². The maximum Gasteiger partial charge on any atom is 0.220 e.